The average Bonchev–Trinajstić information content (AvgIpc) is 2.28. The lowest BCUT2D eigenvalue weighted by molar-refractivity contribution is -0.137. The van der Waals surface area contributed by atoms with E-state index in [1.165, 1.54) is 0 Å². The molecule has 0 saturated carbocycles. The summed E-state index contributed by atoms with van der Waals surface area (Å²) in [5.74, 6) is -0.423. The van der Waals surface area contributed by atoms with Crippen LogP contribution in [0.1, 0.15) is 35.7 Å². The van der Waals surface area contributed by atoms with Gasteiger partial charge in [0.25, 0.3) is 0 Å². The predicted molar refractivity (Wildman–Crippen MR) is 68.1 cm³/mol. The molecular weight excluding hydrogens is 232 g/mol. The molecule has 0 aromatic heterocycles. The molecule has 0 heterocycles. The van der Waals surface area contributed by atoms with Gasteiger partial charge in [0, 0.05) is 18.4 Å². The number of benzene rings is 1. The first kappa shape index (κ1) is 14.2. The van der Waals surface area contributed by atoms with Crippen molar-refractivity contribution in [3.8, 4) is 5.75 Å². The van der Waals surface area contributed by atoms with Crippen molar-refractivity contribution < 1.29 is 19.4 Å². The summed E-state index contributed by atoms with van der Waals surface area (Å²) in [5, 5.41) is 8.65. The number of carbonyl (C=O) groups excluding carboxylic acids is 1. The molecule has 0 aliphatic carbocycles. The fraction of sp³-hybridized carbons (Fsp3) is 0.429. The zero-order chi connectivity index (χ0) is 13.7. The Kier molecular flexibility index (Phi) is 4.89. The molecule has 0 radical (unpaired) electrons. The Hall–Kier alpha value is -1.84. The van der Waals surface area contributed by atoms with E-state index in [0.29, 0.717) is 11.3 Å². The topological polar surface area (TPSA) is 63.6 Å². The number of carboxylic acid groups (broad SMARTS) is 1. The van der Waals surface area contributed by atoms with Gasteiger partial charge < -0.3 is 9.84 Å². The van der Waals surface area contributed by atoms with E-state index in [2.05, 4.69) is 0 Å². The van der Waals surface area contributed by atoms with Crippen LogP contribution < -0.4 is 4.74 Å². The van der Waals surface area contributed by atoms with Gasteiger partial charge in [-0.05, 0) is 24.5 Å². The van der Waals surface area contributed by atoms with Crippen LogP contribution in [-0.2, 0) is 4.79 Å². The number of ether oxygens (including phenoxy) is 1. The van der Waals surface area contributed by atoms with Crippen molar-refractivity contribution in [2.24, 2.45) is 5.92 Å². The molecule has 0 aliphatic rings. The summed E-state index contributed by atoms with van der Waals surface area (Å²) in [6.07, 6.45) is 0.243. The van der Waals surface area contributed by atoms with Gasteiger partial charge in [-0.3, -0.25) is 9.59 Å². The number of ketones is 1. The number of aliphatic carboxylic acids is 1. The summed E-state index contributed by atoms with van der Waals surface area (Å²) < 4.78 is 5.16. The van der Waals surface area contributed by atoms with Crippen LogP contribution in [0.2, 0.25) is 0 Å². The molecule has 0 aliphatic heterocycles. The Labute approximate surface area is 107 Å². The maximum absolute atomic E-state index is 12.0. The van der Waals surface area contributed by atoms with Crippen LogP contribution in [0.4, 0.5) is 0 Å². The summed E-state index contributed by atoms with van der Waals surface area (Å²) in [4.78, 5) is 22.5. The lowest BCUT2D eigenvalue weighted by Gasteiger charge is -2.10. The highest BCUT2D eigenvalue weighted by atomic mass is 16.5. The number of carboxylic acids is 1. The van der Waals surface area contributed by atoms with Crippen molar-refractivity contribution in [2.75, 3.05) is 7.11 Å². The summed E-state index contributed by atoms with van der Waals surface area (Å²) in [7, 11) is 1.56. The normalized spacial score (nSPS) is 11.9. The summed E-state index contributed by atoms with van der Waals surface area (Å²) in [6, 6.07) is 5.27. The highest BCUT2D eigenvalue weighted by Crippen LogP contribution is 2.21. The monoisotopic (exact) mass is 250 g/mol. The maximum atomic E-state index is 12.0. The second kappa shape index (κ2) is 6.19. The van der Waals surface area contributed by atoms with Gasteiger partial charge in [-0.2, -0.15) is 0 Å². The summed E-state index contributed by atoms with van der Waals surface area (Å²) >= 11 is 0. The molecule has 0 fully saturated rings. The third kappa shape index (κ3) is 3.87. The molecule has 1 aromatic carbocycles. The minimum atomic E-state index is -0.878. The van der Waals surface area contributed by atoms with Crippen LogP contribution in [-0.4, -0.2) is 24.0 Å². The predicted octanol–water partition coefficient (Wildman–Crippen LogP) is 2.69. The number of methoxy groups -OCH3 is 1. The molecule has 0 bridgehead atoms. The van der Waals surface area contributed by atoms with Crippen molar-refractivity contribution in [3.05, 3.63) is 29.3 Å². The van der Waals surface area contributed by atoms with Crippen molar-refractivity contribution >= 4 is 11.8 Å². The Balaban J connectivity index is 2.75. The Morgan fingerprint density at radius 1 is 1.33 bits per heavy atom. The second-order valence-electron chi connectivity index (χ2n) is 4.51. The number of Topliss-reactive ketones (excluding diaryl/α,β-unsaturated/α-hetero) is 1. The van der Waals surface area contributed by atoms with Gasteiger partial charge >= 0.3 is 5.97 Å². The number of rotatable bonds is 6. The first-order valence-electron chi connectivity index (χ1n) is 5.83. The van der Waals surface area contributed by atoms with E-state index in [1.54, 1.807) is 26.2 Å². The smallest absolute Gasteiger partial charge is 0.303 e. The fourth-order valence-electron chi connectivity index (χ4n) is 1.80. The molecule has 1 N–H and O–H groups in total. The maximum Gasteiger partial charge on any atom is 0.303 e. The van der Waals surface area contributed by atoms with E-state index >= 15 is 0 Å². The SMILES string of the molecule is COc1cc(C(=O)C[C@H](C)CC(=O)O)ccc1C. The highest BCUT2D eigenvalue weighted by molar-refractivity contribution is 5.96. The first-order valence-corrected chi connectivity index (χ1v) is 5.83. The van der Waals surface area contributed by atoms with Crippen molar-refractivity contribution in [2.45, 2.75) is 26.7 Å². The molecule has 0 amide bonds. The van der Waals surface area contributed by atoms with E-state index < -0.39 is 5.97 Å². The van der Waals surface area contributed by atoms with Crippen LogP contribution in [0.25, 0.3) is 0 Å². The highest BCUT2D eigenvalue weighted by Gasteiger charge is 2.15. The van der Waals surface area contributed by atoms with E-state index in [0.717, 1.165) is 5.56 Å². The summed E-state index contributed by atoms with van der Waals surface area (Å²) in [5.41, 5.74) is 1.53. The van der Waals surface area contributed by atoms with Gasteiger partial charge in [0.15, 0.2) is 5.78 Å². The van der Waals surface area contributed by atoms with Crippen LogP contribution in [0, 0.1) is 12.8 Å². The van der Waals surface area contributed by atoms with Crippen LogP contribution in [0.3, 0.4) is 0 Å². The molecule has 1 atom stereocenters. The molecule has 4 nitrogen and oxygen atoms in total. The number of aryl methyl sites for hydroxylation is 1. The van der Waals surface area contributed by atoms with E-state index in [4.69, 9.17) is 9.84 Å². The van der Waals surface area contributed by atoms with E-state index in [1.807, 2.05) is 13.0 Å². The quantitative estimate of drug-likeness (QED) is 0.788. The Morgan fingerprint density at radius 3 is 2.56 bits per heavy atom. The Bertz CT molecular complexity index is 451. The van der Waals surface area contributed by atoms with Gasteiger partial charge in [0.1, 0.15) is 5.75 Å². The van der Waals surface area contributed by atoms with Gasteiger partial charge in [0.2, 0.25) is 0 Å². The van der Waals surface area contributed by atoms with E-state index in [-0.39, 0.29) is 24.5 Å². The molecule has 0 unspecified atom stereocenters. The van der Waals surface area contributed by atoms with Gasteiger partial charge in [-0.1, -0.05) is 19.1 Å². The number of hydrogen-bond acceptors (Lipinski definition) is 3. The minimum Gasteiger partial charge on any atom is -0.496 e. The molecule has 0 spiro atoms. The van der Waals surface area contributed by atoms with Crippen LogP contribution in [0.15, 0.2) is 18.2 Å². The average molecular weight is 250 g/mol. The molecule has 98 valence electrons. The van der Waals surface area contributed by atoms with Gasteiger partial charge in [-0.15, -0.1) is 0 Å². The van der Waals surface area contributed by atoms with Crippen LogP contribution in [0.5, 0.6) is 5.75 Å². The molecule has 18 heavy (non-hydrogen) atoms. The molecule has 0 saturated heterocycles. The largest absolute Gasteiger partial charge is 0.496 e. The summed E-state index contributed by atoms with van der Waals surface area (Å²) in [6.45, 7) is 3.66. The zero-order valence-corrected chi connectivity index (χ0v) is 10.9. The van der Waals surface area contributed by atoms with Gasteiger partial charge in [0.05, 0.1) is 7.11 Å². The van der Waals surface area contributed by atoms with E-state index in [9.17, 15) is 9.59 Å². The second-order valence-corrected chi connectivity index (χ2v) is 4.51. The number of hydrogen-bond donors (Lipinski definition) is 1. The van der Waals surface area contributed by atoms with Gasteiger partial charge in [-0.25, -0.2) is 0 Å². The fourth-order valence-corrected chi connectivity index (χ4v) is 1.80. The minimum absolute atomic E-state index is 0.00867. The lowest BCUT2D eigenvalue weighted by Crippen LogP contribution is -2.10. The van der Waals surface area contributed by atoms with Crippen LogP contribution >= 0.6 is 0 Å². The third-order valence-corrected chi connectivity index (χ3v) is 2.79. The zero-order valence-electron chi connectivity index (χ0n) is 10.9. The van der Waals surface area contributed by atoms with Crippen molar-refractivity contribution in [1.82, 2.24) is 0 Å². The van der Waals surface area contributed by atoms with Crippen molar-refractivity contribution in [3.63, 3.8) is 0 Å². The standard InChI is InChI=1S/C14H18O4/c1-9(7-14(16)17)6-12(15)11-5-4-10(2)13(8-11)18-3/h4-5,8-9H,6-7H2,1-3H3,(H,16,17)/t9-/m0/s1. The third-order valence-electron chi connectivity index (χ3n) is 2.79. The molecule has 1 rings (SSSR count). The first-order chi connectivity index (χ1) is 8.43. The Morgan fingerprint density at radius 2 is 2.00 bits per heavy atom. The molecular formula is C14H18O4. The molecule has 1 aromatic rings. The lowest BCUT2D eigenvalue weighted by atomic mass is 9.96. The van der Waals surface area contributed by atoms with Crippen molar-refractivity contribution in [1.29, 1.82) is 0 Å². The number of carbonyl (C=O) groups is 2. The molecule has 4 heteroatoms.